The standard InChI is InChI=1S/C11H11NOS2/c1-13-10-4-2-8(3-5-10)11-12-9(6-14)7-15-11/h2-5,7,14H,6H2,1H3. The first-order valence-electron chi connectivity index (χ1n) is 4.53. The van der Waals surface area contributed by atoms with E-state index in [0.717, 1.165) is 22.0 Å². The summed E-state index contributed by atoms with van der Waals surface area (Å²) in [6, 6.07) is 7.91. The summed E-state index contributed by atoms with van der Waals surface area (Å²) < 4.78 is 5.10. The predicted molar refractivity (Wildman–Crippen MR) is 66.8 cm³/mol. The third kappa shape index (κ3) is 2.33. The fourth-order valence-electron chi connectivity index (χ4n) is 1.25. The predicted octanol–water partition coefficient (Wildman–Crippen LogP) is 3.25. The van der Waals surface area contributed by atoms with Gasteiger partial charge in [-0.2, -0.15) is 12.6 Å². The molecule has 0 N–H and O–H groups in total. The van der Waals surface area contributed by atoms with Crippen molar-refractivity contribution in [1.29, 1.82) is 0 Å². The summed E-state index contributed by atoms with van der Waals surface area (Å²) >= 11 is 5.83. The van der Waals surface area contributed by atoms with Crippen molar-refractivity contribution in [2.45, 2.75) is 5.75 Å². The molecule has 0 amide bonds. The van der Waals surface area contributed by atoms with E-state index in [1.54, 1.807) is 18.4 Å². The quantitative estimate of drug-likeness (QED) is 0.828. The van der Waals surface area contributed by atoms with Gasteiger partial charge in [0.05, 0.1) is 12.8 Å². The van der Waals surface area contributed by atoms with E-state index in [2.05, 4.69) is 17.6 Å². The number of ether oxygens (including phenoxy) is 1. The van der Waals surface area contributed by atoms with Crippen molar-refractivity contribution in [1.82, 2.24) is 4.98 Å². The van der Waals surface area contributed by atoms with Crippen LogP contribution in [-0.2, 0) is 5.75 Å². The Morgan fingerprint density at radius 3 is 2.60 bits per heavy atom. The van der Waals surface area contributed by atoms with Crippen molar-refractivity contribution < 1.29 is 4.74 Å². The summed E-state index contributed by atoms with van der Waals surface area (Å²) in [6.07, 6.45) is 0. The highest BCUT2D eigenvalue weighted by molar-refractivity contribution is 7.79. The molecule has 2 aromatic rings. The van der Waals surface area contributed by atoms with Crippen LogP contribution in [0.3, 0.4) is 0 Å². The minimum Gasteiger partial charge on any atom is -0.497 e. The molecule has 0 spiro atoms. The maximum atomic E-state index is 5.10. The van der Waals surface area contributed by atoms with E-state index in [4.69, 9.17) is 4.74 Å². The lowest BCUT2D eigenvalue weighted by Crippen LogP contribution is -1.83. The topological polar surface area (TPSA) is 22.1 Å². The van der Waals surface area contributed by atoms with E-state index in [1.807, 2.05) is 29.6 Å². The monoisotopic (exact) mass is 237 g/mol. The summed E-state index contributed by atoms with van der Waals surface area (Å²) in [5, 5.41) is 3.06. The minimum atomic E-state index is 0.687. The first kappa shape index (κ1) is 10.5. The Morgan fingerprint density at radius 2 is 2.07 bits per heavy atom. The Hall–Kier alpha value is -1.00. The number of rotatable bonds is 3. The van der Waals surface area contributed by atoms with Gasteiger partial charge in [-0.3, -0.25) is 0 Å². The molecule has 1 aromatic carbocycles. The van der Waals surface area contributed by atoms with Crippen molar-refractivity contribution in [3.8, 4) is 16.3 Å². The van der Waals surface area contributed by atoms with Crippen molar-refractivity contribution >= 4 is 24.0 Å². The second kappa shape index (κ2) is 4.68. The molecule has 4 heteroatoms. The van der Waals surface area contributed by atoms with Gasteiger partial charge in [0, 0.05) is 16.7 Å². The van der Waals surface area contributed by atoms with Gasteiger partial charge in [-0.05, 0) is 24.3 Å². The lowest BCUT2D eigenvalue weighted by molar-refractivity contribution is 0.415. The number of hydrogen-bond acceptors (Lipinski definition) is 4. The van der Waals surface area contributed by atoms with E-state index in [1.165, 1.54) is 0 Å². The van der Waals surface area contributed by atoms with Gasteiger partial charge in [0.15, 0.2) is 0 Å². The van der Waals surface area contributed by atoms with Crippen LogP contribution in [0, 0.1) is 0 Å². The van der Waals surface area contributed by atoms with E-state index in [9.17, 15) is 0 Å². The fourth-order valence-corrected chi connectivity index (χ4v) is 2.36. The highest BCUT2D eigenvalue weighted by Crippen LogP contribution is 2.25. The lowest BCUT2D eigenvalue weighted by Gasteiger charge is -1.99. The molecule has 1 aromatic heterocycles. The Bertz CT molecular complexity index is 436. The molecule has 0 fully saturated rings. The fraction of sp³-hybridized carbons (Fsp3) is 0.182. The largest absolute Gasteiger partial charge is 0.497 e. The van der Waals surface area contributed by atoms with Crippen LogP contribution in [0.4, 0.5) is 0 Å². The van der Waals surface area contributed by atoms with Crippen LogP contribution in [-0.4, -0.2) is 12.1 Å². The molecular formula is C11H11NOS2. The molecule has 0 bridgehead atoms. The van der Waals surface area contributed by atoms with Gasteiger partial charge in [-0.15, -0.1) is 11.3 Å². The van der Waals surface area contributed by atoms with Crippen LogP contribution in [0.15, 0.2) is 29.6 Å². The zero-order chi connectivity index (χ0) is 10.7. The molecule has 0 aliphatic carbocycles. The number of methoxy groups -OCH3 is 1. The molecule has 0 aliphatic heterocycles. The molecule has 0 saturated heterocycles. The lowest BCUT2D eigenvalue weighted by atomic mass is 10.2. The zero-order valence-electron chi connectivity index (χ0n) is 8.30. The molecule has 0 radical (unpaired) electrons. The maximum Gasteiger partial charge on any atom is 0.123 e. The SMILES string of the molecule is COc1ccc(-c2nc(CS)cs2)cc1. The Labute approximate surface area is 98.3 Å². The molecule has 0 aliphatic rings. The van der Waals surface area contributed by atoms with Crippen molar-refractivity contribution in [2.75, 3.05) is 7.11 Å². The van der Waals surface area contributed by atoms with Crippen LogP contribution >= 0.6 is 24.0 Å². The average Bonchev–Trinajstić information content (AvgIpc) is 2.78. The van der Waals surface area contributed by atoms with E-state index in [-0.39, 0.29) is 0 Å². The highest BCUT2D eigenvalue weighted by atomic mass is 32.1. The molecule has 78 valence electrons. The van der Waals surface area contributed by atoms with Crippen LogP contribution < -0.4 is 4.74 Å². The summed E-state index contributed by atoms with van der Waals surface area (Å²) in [6.45, 7) is 0. The Balaban J connectivity index is 2.28. The molecule has 2 nitrogen and oxygen atoms in total. The normalized spacial score (nSPS) is 10.3. The van der Waals surface area contributed by atoms with Crippen LogP contribution in [0.5, 0.6) is 5.75 Å². The molecule has 15 heavy (non-hydrogen) atoms. The zero-order valence-corrected chi connectivity index (χ0v) is 10.0. The van der Waals surface area contributed by atoms with Crippen LogP contribution in [0.1, 0.15) is 5.69 Å². The second-order valence-electron chi connectivity index (χ2n) is 3.03. The van der Waals surface area contributed by atoms with E-state index < -0.39 is 0 Å². The van der Waals surface area contributed by atoms with Crippen molar-refractivity contribution in [2.24, 2.45) is 0 Å². The van der Waals surface area contributed by atoms with Gasteiger partial charge < -0.3 is 4.74 Å². The van der Waals surface area contributed by atoms with E-state index >= 15 is 0 Å². The van der Waals surface area contributed by atoms with Gasteiger partial charge in [0.2, 0.25) is 0 Å². The summed E-state index contributed by atoms with van der Waals surface area (Å²) in [5.74, 6) is 1.55. The Morgan fingerprint density at radius 1 is 1.33 bits per heavy atom. The Kier molecular flexibility index (Phi) is 3.28. The van der Waals surface area contributed by atoms with Gasteiger partial charge in [-0.1, -0.05) is 0 Å². The number of aromatic nitrogens is 1. The van der Waals surface area contributed by atoms with Gasteiger partial charge in [0.25, 0.3) is 0 Å². The first-order chi connectivity index (χ1) is 7.33. The molecule has 0 unspecified atom stereocenters. The van der Waals surface area contributed by atoms with Crippen molar-refractivity contribution in [3.05, 3.63) is 35.3 Å². The van der Waals surface area contributed by atoms with Gasteiger partial charge in [0.1, 0.15) is 10.8 Å². The molecular weight excluding hydrogens is 226 g/mol. The first-order valence-corrected chi connectivity index (χ1v) is 6.04. The number of benzene rings is 1. The third-order valence-electron chi connectivity index (χ3n) is 2.05. The second-order valence-corrected chi connectivity index (χ2v) is 4.20. The smallest absolute Gasteiger partial charge is 0.123 e. The summed E-state index contributed by atoms with van der Waals surface area (Å²) in [4.78, 5) is 4.46. The maximum absolute atomic E-state index is 5.10. The number of hydrogen-bond donors (Lipinski definition) is 1. The molecule has 0 atom stereocenters. The van der Waals surface area contributed by atoms with Crippen LogP contribution in [0.2, 0.25) is 0 Å². The van der Waals surface area contributed by atoms with E-state index in [0.29, 0.717) is 5.75 Å². The van der Waals surface area contributed by atoms with Crippen LogP contribution in [0.25, 0.3) is 10.6 Å². The van der Waals surface area contributed by atoms with Gasteiger partial charge >= 0.3 is 0 Å². The summed E-state index contributed by atoms with van der Waals surface area (Å²) in [7, 11) is 1.66. The minimum absolute atomic E-state index is 0.687. The summed E-state index contributed by atoms with van der Waals surface area (Å²) in [5.41, 5.74) is 2.14. The van der Waals surface area contributed by atoms with Crippen molar-refractivity contribution in [3.63, 3.8) is 0 Å². The molecule has 2 rings (SSSR count). The number of thiol groups is 1. The third-order valence-corrected chi connectivity index (χ3v) is 3.31. The molecule has 1 heterocycles. The molecule has 0 saturated carbocycles. The highest BCUT2D eigenvalue weighted by Gasteiger charge is 2.03. The average molecular weight is 237 g/mol. The number of nitrogens with zero attached hydrogens (tertiary/aromatic N) is 1. The van der Waals surface area contributed by atoms with Gasteiger partial charge in [-0.25, -0.2) is 4.98 Å². The number of thiazole rings is 1.